The molecular formula is C19H14N2OS. The van der Waals surface area contributed by atoms with Crippen LogP contribution < -0.4 is 5.56 Å². The molecular weight excluding hydrogens is 304 g/mol. The Kier molecular flexibility index (Phi) is 3.52. The molecule has 0 spiro atoms. The molecule has 0 saturated heterocycles. The zero-order chi connectivity index (χ0) is 15.6. The lowest BCUT2D eigenvalue weighted by molar-refractivity contribution is 0.750. The van der Waals surface area contributed by atoms with Gasteiger partial charge in [0.1, 0.15) is 4.70 Å². The van der Waals surface area contributed by atoms with E-state index in [2.05, 4.69) is 4.98 Å². The standard InChI is InChI=1S/C19H14N2OS/c22-19-18-16(11-17(23-18)15-9-5-2-6-10-15)20-13-21(19)12-14-7-3-1-4-8-14/h1-11,13H,12H2. The Labute approximate surface area is 137 Å². The van der Waals surface area contributed by atoms with Gasteiger partial charge in [-0.25, -0.2) is 4.98 Å². The average Bonchev–Trinajstić information content (AvgIpc) is 3.04. The third-order valence-electron chi connectivity index (χ3n) is 3.76. The fourth-order valence-corrected chi connectivity index (χ4v) is 3.65. The monoisotopic (exact) mass is 318 g/mol. The van der Waals surface area contributed by atoms with Crippen molar-refractivity contribution in [3.05, 3.63) is 89.0 Å². The summed E-state index contributed by atoms with van der Waals surface area (Å²) >= 11 is 1.51. The third kappa shape index (κ3) is 2.69. The van der Waals surface area contributed by atoms with Crippen molar-refractivity contribution >= 4 is 21.6 Å². The van der Waals surface area contributed by atoms with Crippen LogP contribution in [0.4, 0.5) is 0 Å². The first-order valence-corrected chi connectivity index (χ1v) is 8.21. The van der Waals surface area contributed by atoms with Crippen molar-refractivity contribution in [3.8, 4) is 10.4 Å². The van der Waals surface area contributed by atoms with Gasteiger partial charge >= 0.3 is 0 Å². The number of nitrogens with zero attached hydrogens (tertiary/aromatic N) is 2. The molecule has 0 saturated carbocycles. The fraction of sp³-hybridized carbons (Fsp3) is 0.0526. The van der Waals surface area contributed by atoms with Crippen LogP contribution in [-0.2, 0) is 6.54 Å². The summed E-state index contributed by atoms with van der Waals surface area (Å²) in [6.45, 7) is 0.543. The van der Waals surface area contributed by atoms with Gasteiger partial charge in [0.05, 0.1) is 18.4 Å². The number of benzene rings is 2. The summed E-state index contributed by atoms with van der Waals surface area (Å²) in [6, 6.07) is 22.0. The second-order valence-electron chi connectivity index (χ2n) is 5.35. The maximum atomic E-state index is 12.7. The molecule has 0 unspecified atom stereocenters. The van der Waals surface area contributed by atoms with Gasteiger partial charge < -0.3 is 0 Å². The van der Waals surface area contributed by atoms with Crippen LogP contribution in [0.15, 0.2) is 77.9 Å². The highest BCUT2D eigenvalue weighted by Crippen LogP contribution is 2.30. The molecule has 4 heteroatoms. The number of hydrogen-bond donors (Lipinski definition) is 0. The van der Waals surface area contributed by atoms with E-state index < -0.39 is 0 Å². The van der Waals surface area contributed by atoms with Crippen LogP contribution in [0.2, 0.25) is 0 Å². The largest absolute Gasteiger partial charge is 0.294 e. The van der Waals surface area contributed by atoms with E-state index in [1.165, 1.54) is 11.3 Å². The van der Waals surface area contributed by atoms with Crippen molar-refractivity contribution < 1.29 is 0 Å². The van der Waals surface area contributed by atoms with E-state index in [0.717, 1.165) is 21.5 Å². The van der Waals surface area contributed by atoms with Gasteiger partial charge in [0, 0.05) is 4.88 Å². The molecule has 2 heterocycles. The Bertz CT molecular complexity index is 1000. The number of hydrogen-bond acceptors (Lipinski definition) is 3. The number of fused-ring (bicyclic) bond motifs is 1. The molecule has 0 N–H and O–H groups in total. The number of aromatic nitrogens is 2. The molecule has 0 aliphatic heterocycles. The highest BCUT2D eigenvalue weighted by atomic mass is 32.1. The molecule has 3 nitrogen and oxygen atoms in total. The summed E-state index contributed by atoms with van der Waals surface area (Å²) in [7, 11) is 0. The summed E-state index contributed by atoms with van der Waals surface area (Å²) in [5.41, 5.74) is 2.99. The Morgan fingerprint density at radius 3 is 2.39 bits per heavy atom. The van der Waals surface area contributed by atoms with Gasteiger partial charge in [-0.15, -0.1) is 11.3 Å². The normalized spacial score (nSPS) is 11.0. The van der Waals surface area contributed by atoms with Gasteiger partial charge in [-0.1, -0.05) is 60.7 Å². The maximum Gasteiger partial charge on any atom is 0.271 e. The summed E-state index contributed by atoms with van der Waals surface area (Å²) in [4.78, 5) is 18.2. The van der Waals surface area contributed by atoms with Crippen LogP contribution in [0.25, 0.3) is 20.7 Å². The highest BCUT2D eigenvalue weighted by molar-refractivity contribution is 7.22. The quantitative estimate of drug-likeness (QED) is 0.568. The summed E-state index contributed by atoms with van der Waals surface area (Å²) in [5.74, 6) is 0. The Morgan fingerprint density at radius 1 is 0.957 bits per heavy atom. The lowest BCUT2D eigenvalue weighted by atomic mass is 10.2. The summed E-state index contributed by atoms with van der Waals surface area (Å²) in [6.07, 6.45) is 1.64. The van der Waals surface area contributed by atoms with E-state index in [1.807, 2.05) is 66.7 Å². The topological polar surface area (TPSA) is 34.9 Å². The SMILES string of the molecule is O=c1c2sc(-c3ccccc3)cc2ncn1Cc1ccccc1. The second kappa shape index (κ2) is 5.82. The summed E-state index contributed by atoms with van der Waals surface area (Å²) in [5, 5.41) is 0. The predicted octanol–water partition coefficient (Wildman–Crippen LogP) is 4.17. The van der Waals surface area contributed by atoms with Crippen LogP contribution >= 0.6 is 11.3 Å². The molecule has 23 heavy (non-hydrogen) atoms. The molecule has 4 rings (SSSR count). The zero-order valence-electron chi connectivity index (χ0n) is 12.3. The molecule has 2 aromatic heterocycles. The zero-order valence-corrected chi connectivity index (χ0v) is 13.2. The van der Waals surface area contributed by atoms with Gasteiger partial charge in [0.2, 0.25) is 0 Å². The van der Waals surface area contributed by atoms with Crippen LogP contribution in [-0.4, -0.2) is 9.55 Å². The summed E-state index contributed by atoms with van der Waals surface area (Å²) < 4.78 is 2.38. The van der Waals surface area contributed by atoms with Gasteiger partial charge in [0.15, 0.2) is 0 Å². The van der Waals surface area contributed by atoms with Crippen LogP contribution in [0, 0.1) is 0 Å². The fourth-order valence-electron chi connectivity index (χ4n) is 2.58. The Hall–Kier alpha value is -2.72. The van der Waals surface area contributed by atoms with Crippen LogP contribution in [0.1, 0.15) is 5.56 Å². The first kappa shape index (κ1) is 13.9. The minimum atomic E-state index is 0.0195. The first-order valence-electron chi connectivity index (χ1n) is 7.39. The minimum Gasteiger partial charge on any atom is -0.294 e. The van der Waals surface area contributed by atoms with E-state index in [1.54, 1.807) is 10.9 Å². The lowest BCUT2D eigenvalue weighted by Gasteiger charge is -2.04. The predicted molar refractivity (Wildman–Crippen MR) is 94.9 cm³/mol. The van der Waals surface area contributed by atoms with E-state index >= 15 is 0 Å². The number of rotatable bonds is 3. The molecule has 0 atom stereocenters. The van der Waals surface area contributed by atoms with Gasteiger partial charge in [-0.05, 0) is 17.2 Å². The van der Waals surface area contributed by atoms with Crippen molar-refractivity contribution in [2.24, 2.45) is 0 Å². The maximum absolute atomic E-state index is 12.7. The van der Waals surface area contributed by atoms with E-state index in [4.69, 9.17) is 0 Å². The van der Waals surface area contributed by atoms with Crippen LogP contribution in [0.5, 0.6) is 0 Å². The van der Waals surface area contributed by atoms with Crippen molar-refractivity contribution in [2.75, 3.05) is 0 Å². The Morgan fingerprint density at radius 2 is 1.65 bits per heavy atom. The van der Waals surface area contributed by atoms with E-state index in [0.29, 0.717) is 11.2 Å². The van der Waals surface area contributed by atoms with Crippen molar-refractivity contribution in [1.82, 2.24) is 9.55 Å². The average molecular weight is 318 g/mol. The smallest absolute Gasteiger partial charge is 0.271 e. The van der Waals surface area contributed by atoms with Crippen molar-refractivity contribution in [1.29, 1.82) is 0 Å². The number of thiophene rings is 1. The molecule has 0 fully saturated rings. The van der Waals surface area contributed by atoms with Crippen LogP contribution in [0.3, 0.4) is 0 Å². The van der Waals surface area contributed by atoms with Gasteiger partial charge in [-0.2, -0.15) is 0 Å². The molecule has 0 amide bonds. The van der Waals surface area contributed by atoms with Crippen molar-refractivity contribution in [3.63, 3.8) is 0 Å². The molecule has 0 radical (unpaired) electrons. The Balaban J connectivity index is 1.78. The van der Waals surface area contributed by atoms with E-state index in [9.17, 15) is 4.79 Å². The highest BCUT2D eigenvalue weighted by Gasteiger charge is 2.10. The van der Waals surface area contributed by atoms with Crippen molar-refractivity contribution in [2.45, 2.75) is 6.54 Å². The molecule has 0 aliphatic carbocycles. The molecule has 4 aromatic rings. The molecule has 112 valence electrons. The minimum absolute atomic E-state index is 0.0195. The van der Waals surface area contributed by atoms with E-state index in [-0.39, 0.29) is 5.56 Å². The lowest BCUT2D eigenvalue weighted by Crippen LogP contribution is -2.20. The second-order valence-corrected chi connectivity index (χ2v) is 6.41. The first-order chi connectivity index (χ1) is 11.3. The van der Waals surface area contributed by atoms with Gasteiger partial charge in [0.25, 0.3) is 5.56 Å². The van der Waals surface area contributed by atoms with Gasteiger partial charge in [-0.3, -0.25) is 9.36 Å². The molecule has 0 bridgehead atoms. The third-order valence-corrected chi connectivity index (χ3v) is 4.92. The molecule has 2 aromatic carbocycles. The molecule has 0 aliphatic rings.